The molecule has 2 aliphatic rings. The third-order valence-electron chi connectivity index (χ3n) is 5.37. The van der Waals surface area contributed by atoms with E-state index in [0.29, 0.717) is 5.56 Å². The average Bonchev–Trinajstić information content (AvgIpc) is 2.81. The summed E-state index contributed by atoms with van der Waals surface area (Å²) in [5.74, 6) is -1.38. The van der Waals surface area contributed by atoms with E-state index in [1.54, 1.807) is 0 Å². The van der Waals surface area contributed by atoms with Crippen molar-refractivity contribution in [3.63, 3.8) is 0 Å². The van der Waals surface area contributed by atoms with Gasteiger partial charge in [0.2, 0.25) is 0 Å². The Hall–Kier alpha value is -2.95. The number of carbonyl (C=O) groups excluding carboxylic acids is 1. The Morgan fingerprint density at radius 3 is 2.59 bits per heavy atom. The molecule has 0 radical (unpaired) electrons. The van der Waals surface area contributed by atoms with Gasteiger partial charge < -0.3 is 39.4 Å². The normalized spacial score (nSPS) is 30.1. The van der Waals surface area contributed by atoms with E-state index in [2.05, 4.69) is 0 Å². The van der Waals surface area contributed by atoms with Gasteiger partial charge in [-0.2, -0.15) is 0 Å². The number of phenols is 2. The zero-order chi connectivity index (χ0) is 22.7. The fourth-order valence-corrected chi connectivity index (χ4v) is 3.69. The molecule has 2 saturated heterocycles. The molecular weight excluding hydrogens is 420 g/mol. The van der Waals surface area contributed by atoms with E-state index in [4.69, 9.17) is 18.9 Å². The second kappa shape index (κ2) is 9.68. The highest BCUT2D eigenvalue weighted by molar-refractivity contribution is 5.87. The summed E-state index contributed by atoms with van der Waals surface area (Å²) in [6.07, 6.45) is -3.28. The fourth-order valence-electron chi connectivity index (χ4n) is 3.69. The highest BCUT2D eigenvalue weighted by Gasteiger charge is 2.51. The maximum atomic E-state index is 12.5. The van der Waals surface area contributed by atoms with Crippen molar-refractivity contribution >= 4 is 12.0 Å². The van der Waals surface area contributed by atoms with Gasteiger partial charge in [0.15, 0.2) is 23.9 Å². The van der Waals surface area contributed by atoms with Crippen LogP contribution in [0, 0.1) is 0 Å². The second-order valence-electron chi connectivity index (χ2n) is 7.53. The number of aliphatic hydroxyl groups is 2. The quantitative estimate of drug-likeness (QED) is 0.305. The monoisotopic (exact) mass is 444 g/mol. The molecule has 9 nitrogen and oxygen atoms in total. The van der Waals surface area contributed by atoms with Gasteiger partial charge in [0.05, 0.1) is 13.2 Å². The summed E-state index contributed by atoms with van der Waals surface area (Å²) in [5.41, 5.74) is 1.32. The summed E-state index contributed by atoms with van der Waals surface area (Å²) < 4.78 is 22.9. The van der Waals surface area contributed by atoms with E-state index in [1.807, 2.05) is 30.3 Å². The van der Waals surface area contributed by atoms with Crippen molar-refractivity contribution in [2.45, 2.75) is 36.8 Å². The first kappa shape index (κ1) is 22.3. The van der Waals surface area contributed by atoms with Crippen LogP contribution >= 0.6 is 0 Å². The molecule has 0 amide bonds. The number of hydrogen-bond acceptors (Lipinski definition) is 9. The van der Waals surface area contributed by atoms with E-state index in [9.17, 15) is 25.2 Å². The molecule has 9 heteroatoms. The van der Waals surface area contributed by atoms with Crippen molar-refractivity contribution < 1.29 is 44.2 Å². The minimum Gasteiger partial charge on any atom is -0.504 e. The maximum absolute atomic E-state index is 12.5. The number of aromatic hydroxyl groups is 2. The van der Waals surface area contributed by atoms with Crippen molar-refractivity contribution in [1.29, 1.82) is 0 Å². The van der Waals surface area contributed by atoms with Gasteiger partial charge in [-0.25, -0.2) is 4.79 Å². The first-order valence-corrected chi connectivity index (χ1v) is 10.1. The first-order chi connectivity index (χ1) is 15.5. The molecule has 0 unspecified atom stereocenters. The molecular formula is C23H24O9. The predicted octanol–water partition coefficient (Wildman–Crippen LogP) is 1.26. The lowest BCUT2D eigenvalue weighted by Crippen LogP contribution is -2.63. The van der Waals surface area contributed by atoms with Crippen molar-refractivity contribution in [2.75, 3.05) is 13.2 Å². The van der Waals surface area contributed by atoms with Gasteiger partial charge in [0, 0.05) is 6.08 Å². The van der Waals surface area contributed by atoms with Gasteiger partial charge in [-0.05, 0) is 29.3 Å². The minimum atomic E-state index is -1.34. The van der Waals surface area contributed by atoms with Crippen LogP contribution in [0.5, 0.6) is 11.5 Å². The molecule has 0 aliphatic carbocycles. The Kier molecular flexibility index (Phi) is 6.73. The summed E-state index contributed by atoms with van der Waals surface area (Å²) >= 11 is 0. The first-order valence-electron chi connectivity index (χ1n) is 10.1. The Balaban J connectivity index is 1.50. The van der Waals surface area contributed by atoms with Crippen LogP contribution in [-0.4, -0.2) is 70.3 Å². The molecule has 0 spiro atoms. The van der Waals surface area contributed by atoms with Gasteiger partial charge in [-0.3, -0.25) is 0 Å². The summed E-state index contributed by atoms with van der Waals surface area (Å²) in [6.45, 7) is -0.295. The lowest BCUT2D eigenvalue weighted by Gasteiger charge is -2.47. The van der Waals surface area contributed by atoms with Crippen LogP contribution in [-0.2, 0) is 23.7 Å². The number of rotatable bonds is 5. The zero-order valence-corrected chi connectivity index (χ0v) is 17.0. The number of ether oxygens (including phenoxy) is 4. The molecule has 32 heavy (non-hydrogen) atoms. The SMILES string of the molecule is O=C(/C=C/c1ccc(O)c(O)c1)O[C@H]1[C@H](O)[C@@H](CO)O[C@H]2OC[C@H](c3ccccc3)O[C@@H]21. The standard InChI is InChI=1S/C23H24O9/c24-11-17-20(28)21(32-19(27)9-7-13-6-8-15(25)16(26)10-13)22-23(31-17)29-12-18(30-22)14-4-2-1-3-5-14/h1-10,17-18,20-26,28H,11-12H2/b9-7+/t17-,18-,20-,21+,22-,23-/m1/s1. The number of aliphatic hydroxyl groups excluding tert-OH is 2. The number of hydrogen-bond donors (Lipinski definition) is 4. The van der Waals surface area contributed by atoms with Crippen LogP contribution in [0.15, 0.2) is 54.6 Å². The predicted molar refractivity (Wildman–Crippen MR) is 110 cm³/mol. The van der Waals surface area contributed by atoms with Crippen molar-refractivity contribution in [2.24, 2.45) is 0 Å². The summed E-state index contributed by atoms with van der Waals surface area (Å²) in [4.78, 5) is 12.5. The van der Waals surface area contributed by atoms with E-state index in [-0.39, 0.29) is 18.1 Å². The van der Waals surface area contributed by atoms with Crippen LogP contribution in [0.25, 0.3) is 6.08 Å². The van der Waals surface area contributed by atoms with E-state index < -0.39 is 49.4 Å². The topological polar surface area (TPSA) is 135 Å². The Labute approximate surface area is 184 Å². The van der Waals surface area contributed by atoms with Crippen molar-refractivity contribution in [3.8, 4) is 11.5 Å². The molecule has 2 aromatic rings. The average molecular weight is 444 g/mol. The van der Waals surface area contributed by atoms with Crippen molar-refractivity contribution in [3.05, 3.63) is 65.7 Å². The maximum Gasteiger partial charge on any atom is 0.331 e. The molecule has 2 fully saturated rings. The number of phenolic OH excluding ortho intramolecular Hbond substituents is 2. The molecule has 4 N–H and O–H groups in total. The molecule has 0 saturated carbocycles. The van der Waals surface area contributed by atoms with Crippen molar-refractivity contribution in [1.82, 2.24) is 0 Å². The highest BCUT2D eigenvalue weighted by atomic mass is 16.7. The van der Waals surface area contributed by atoms with Crippen LogP contribution in [0.4, 0.5) is 0 Å². The van der Waals surface area contributed by atoms with Crippen LogP contribution in [0.2, 0.25) is 0 Å². The highest BCUT2D eigenvalue weighted by Crippen LogP contribution is 2.35. The van der Waals surface area contributed by atoms with Crippen LogP contribution < -0.4 is 0 Å². The van der Waals surface area contributed by atoms with E-state index in [1.165, 1.54) is 24.3 Å². The number of esters is 1. The molecule has 0 aromatic heterocycles. The molecule has 2 aromatic carbocycles. The third-order valence-corrected chi connectivity index (χ3v) is 5.37. The molecule has 2 heterocycles. The number of carbonyl (C=O) groups is 1. The Morgan fingerprint density at radius 2 is 1.88 bits per heavy atom. The zero-order valence-electron chi connectivity index (χ0n) is 17.0. The third kappa shape index (κ3) is 4.77. The summed E-state index contributed by atoms with van der Waals surface area (Å²) in [7, 11) is 0. The summed E-state index contributed by atoms with van der Waals surface area (Å²) in [5, 5.41) is 39.1. The second-order valence-corrected chi connectivity index (χ2v) is 7.53. The van der Waals surface area contributed by atoms with Crippen LogP contribution in [0.1, 0.15) is 17.2 Å². The van der Waals surface area contributed by atoms with Gasteiger partial charge in [-0.1, -0.05) is 36.4 Å². The molecule has 170 valence electrons. The van der Waals surface area contributed by atoms with Gasteiger partial charge >= 0.3 is 5.97 Å². The van der Waals surface area contributed by atoms with Gasteiger partial charge in [0.1, 0.15) is 24.4 Å². The largest absolute Gasteiger partial charge is 0.504 e. The van der Waals surface area contributed by atoms with E-state index >= 15 is 0 Å². The smallest absolute Gasteiger partial charge is 0.331 e. The lowest BCUT2D eigenvalue weighted by atomic mass is 9.97. The van der Waals surface area contributed by atoms with Crippen LogP contribution in [0.3, 0.4) is 0 Å². The van der Waals surface area contributed by atoms with Gasteiger partial charge in [-0.15, -0.1) is 0 Å². The fraction of sp³-hybridized carbons (Fsp3) is 0.348. The van der Waals surface area contributed by atoms with Gasteiger partial charge in [0.25, 0.3) is 0 Å². The Morgan fingerprint density at radius 1 is 1.09 bits per heavy atom. The molecule has 0 bridgehead atoms. The lowest BCUT2D eigenvalue weighted by molar-refractivity contribution is -0.350. The number of fused-ring (bicyclic) bond motifs is 1. The molecule has 2 aliphatic heterocycles. The summed E-state index contributed by atoms with van der Waals surface area (Å²) in [6, 6.07) is 13.4. The Bertz CT molecular complexity index is 961. The molecule has 6 atom stereocenters. The molecule has 4 rings (SSSR count). The number of benzene rings is 2. The minimum absolute atomic E-state index is 0.199. The van der Waals surface area contributed by atoms with E-state index in [0.717, 1.165) is 11.6 Å².